The molecule has 0 unspecified atom stereocenters. The number of hydrogen-bond donors (Lipinski definition) is 1. The number of para-hydroxylation sites is 2. The van der Waals surface area contributed by atoms with Crippen molar-refractivity contribution < 1.29 is 13.2 Å². The number of fused-ring (bicyclic) bond motifs is 1. The summed E-state index contributed by atoms with van der Waals surface area (Å²) in [6.45, 7) is 2.60. The molecule has 3 aromatic rings. The van der Waals surface area contributed by atoms with E-state index in [4.69, 9.17) is 5.73 Å². The van der Waals surface area contributed by atoms with Gasteiger partial charge in [-0.3, -0.25) is 4.79 Å². The lowest BCUT2D eigenvalue weighted by molar-refractivity contribution is -0.118. The van der Waals surface area contributed by atoms with Gasteiger partial charge in [0.05, 0.1) is 16.3 Å². The standard InChI is InChI=1S/C23H23N3O3S/c1-17-11-13-19(14-12-17)30(28,29)26-21-10-6-5-9-20(21)25(16-22(26)23(24)27)15-18-7-3-2-4-8-18/h2-14,22H,15-16H2,1H3,(H2,24,27)/t22-/m1/s1. The summed E-state index contributed by atoms with van der Waals surface area (Å²) in [5.74, 6) is -0.682. The van der Waals surface area contributed by atoms with E-state index in [9.17, 15) is 13.2 Å². The molecule has 1 heterocycles. The second kappa shape index (κ2) is 7.84. The van der Waals surface area contributed by atoms with Crippen molar-refractivity contribution in [3.8, 4) is 0 Å². The molecule has 0 bridgehead atoms. The number of benzene rings is 3. The van der Waals surface area contributed by atoms with Crippen molar-refractivity contribution in [1.82, 2.24) is 0 Å². The Hall–Kier alpha value is -3.32. The maximum Gasteiger partial charge on any atom is 0.265 e. The zero-order valence-electron chi connectivity index (χ0n) is 16.6. The fourth-order valence-electron chi connectivity index (χ4n) is 3.75. The smallest absolute Gasteiger partial charge is 0.265 e. The number of amides is 1. The van der Waals surface area contributed by atoms with Crippen LogP contribution in [-0.4, -0.2) is 26.9 Å². The Morgan fingerprint density at radius 3 is 2.17 bits per heavy atom. The highest BCUT2D eigenvalue weighted by Crippen LogP contribution is 2.39. The number of anilines is 2. The quantitative estimate of drug-likeness (QED) is 0.686. The molecule has 1 aliphatic heterocycles. The van der Waals surface area contributed by atoms with Gasteiger partial charge in [0.15, 0.2) is 0 Å². The van der Waals surface area contributed by atoms with E-state index in [0.717, 1.165) is 16.8 Å². The van der Waals surface area contributed by atoms with Gasteiger partial charge in [-0.15, -0.1) is 0 Å². The van der Waals surface area contributed by atoms with E-state index in [0.29, 0.717) is 12.2 Å². The second-order valence-electron chi connectivity index (χ2n) is 7.39. The molecule has 0 fully saturated rings. The van der Waals surface area contributed by atoms with Crippen LogP contribution < -0.4 is 14.9 Å². The van der Waals surface area contributed by atoms with Crippen LogP contribution in [0.1, 0.15) is 11.1 Å². The van der Waals surface area contributed by atoms with Crippen molar-refractivity contribution >= 4 is 27.3 Å². The third-order valence-electron chi connectivity index (χ3n) is 5.26. The average molecular weight is 422 g/mol. The molecule has 1 aliphatic rings. The third-order valence-corrected chi connectivity index (χ3v) is 7.10. The molecule has 0 saturated carbocycles. The van der Waals surface area contributed by atoms with Gasteiger partial charge < -0.3 is 10.6 Å². The van der Waals surface area contributed by atoms with Crippen LogP contribution >= 0.6 is 0 Å². The fraction of sp³-hybridized carbons (Fsp3) is 0.174. The summed E-state index contributed by atoms with van der Waals surface area (Å²) in [6, 6.07) is 22.6. The molecule has 0 spiro atoms. The molecular weight excluding hydrogens is 398 g/mol. The molecule has 3 aromatic carbocycles. The van der Waals surface area contributed by atoms with Crippen LogP contribution in [0.15, 0.2) is 83.8 Å². The second-order valence-corrected chi connectivity index (χ2v) is 9.20. The highest BCUT2D eigenvalue weighted by atomic mass is 32.2. The summed E-state index contributed by atoms with van der Waals surface area (Å²) in [7, 11) is -3.98. The Balaban J connectivity index is 1.82. The lowest BCUT2D eigenvalue weighted by Gasteiger charge is -2.42. The first-order valence-corrected chi connectivity index (χ1v) is 11.1. The van der Waals surface area contributed by atoms with Gasteiger partial charge in [0.25, 0.3) is 10.0 Å². The number of aryl methyl sites for hydroxylation is 1. The van der Waals surface area contributed by atoms with Gasteiger partial charge in [-0.1, -0.05) is 60.2 Å². The van der Waals surface area contributed by atoms with Crippen LogP contribution in [0.5, 0.6) is 0 Å². The molecule has 2 N–H and O–H groups in total. The minimum absolute atomic E-state index is 0.130. The van der Waals surface area contributed by atoms with E-state index in [1.165, 1.54) is 4.31 Å². The molecule has 1 amide bonds. The van der Waals surface area contributed by atoms with Gasteiger partial charge in [-0.05, 0) is 36.8 Å². The molecule has 0 aromatic heterocycles. The van der Waals surface area contributed by atoms with Crippen LogP contribution in [-0.2, 0) is 21.4 Å². The Labute approximate surface area is 176 Å². The van der Waals surface area contributed by atoms with Crippen molar-refractivity contribution in [2.45, 2.75) is 24.4 Å². The zero-order chi connectivity index (χ0) is 21.3. The molecule has 0 radical (unpaired) electrons. The number of carbonyl (C=O) groups excluding carboxylic acids is 1. The SMILES string of the molecule is Cc1ccc(S(=O)(=O)N2c3ccccc3N(Cc3ccccc3)C[C@@H]2C(N)=O)cc1. The molecule has 0 saturated heterocycles. The number of nitrogens with two attached hydrogens (primary N) is 1. The van der Waals surface area contributed by atoms with E-state index in [-0.39, 0.29) is 11.4 Å². The molecule has 0 aliphatic carbocycles. The van der Waals surface area contributed by atoms with Gasteiger partial charge in [0.2, 0.25) is 5.91 Å². The normalized spacial score (nSPS) is 16.2. The topological polar surface area (TPSA) is 83.7 Å². The van der Waals surface area contributed by atoms with E-state index in [2.05, 4.69) is 0 Å². The first-order valence-electron chi connectivity index (χ1n) is 9.66. The van der Waals surface area contributed by atoms with E-state index >= 15 is 0 Å². The van der Waals surface area contributed by atoms with Crippen LogP contribution in [0.25, 0.3) is 0 Å². The summed E-state index contributed by atoms with van der Waals surface area (Å²) in [5.41, 5.74) is 8.90. The molecule has 154 valence electrons. The first kappa shape index (κ1) is 20.0. The first-order chi connectivity index (χ1) is 14.4. The summed E-state index contributed by atoms with van der Waals surface area (Å²) in [5, 5.41) is 0. The highest BCUT2D eigenvalue weighted by Gasteiger charge is 2.41. The van der Waals surface area contributed by atoms with Crippen LogP contribution in [0.3, 0.4) is 0 Å². The molecular formula is C23H23N3O3S. The van der Waals surface area contributed by atoms with Crippen molar-refractivity contribution in [1.29, 1.82) is 0 Å². The highest BCUT2D eigenvalue weighted by molar-refractivity contribution is 7.93. The Morgan fingerprint density at radius 1 is 0.933 bits per heavy atom. The predicted molar refractivity (Wildman–Crippen MR) is 118 cm³/mol. The van der Waals surface area contributed by atoms with Crippen molar-refractivity contribution in [2.24, 2.45) is 5.73 Å². The maximum atomic E-state index is 13.5. The fourth-order valence-corrected chi connectivity index (χ4v) is 5.37. The van der Waals surface area contributed by atoms with Crippen LogP contribution in [0.2, 0.25) is 0 Å². The number of rotatable bonds is 5. The van der Waals surface area contributed by atoms with E-state index in [1.807, 2.05) is 54.3 Å². The molecule has 4 rings (SSSR count). The number of hydrogen-bond acceptors (Lipinski definition) is 4. The number of primary amides is 1. The lowest BCUT2D eigenvalue weighted by Crippen LogP contribution is -2.57. The van der Waals surface area contributed by atoms with Crippen LogP contribution in [0, 0.1) is 6.92 Å². The van der Waals surface area contributed by atoms with Crippen molar-refractivity contribution in [2.75, 3.05) is 15.7 Å². The third kappa shape index (κ3) is 3.64. The lowest BCUT2D eigenvalue weighted by atomic mass is 10.1. The minimum atomic E-state index is -3.98. The largest absolute Gasteiger partial charge is 0.368 e. The molecule has 1 atom stereocenters. The Bertz CT molecular complexity index is 1160. The predicted octanol–water partition coefficient (Wildman–Crippen LogP) is 3.06. The number of sulfonamides is 1. The zero-order valence-corrected chi connectivity index (χ0v) is 17.4. The average Bonchev–Trinajstić information content (AvgIpc) is 2.74. The summed E-state index contributed by atoms with van der Waals surface area (Å²) >= 11 is 0. The Morgan fingerprint density at radius 2 is 1.53 bits per heavy atom. The molecule has 6 nitrogen and oxygen atoms in total. The van der Waals surface area contributed by atoms with E-state index < -0.39 is 22.0 Å². The molecule has 30 heavy (non-hydrogen) atoms. The number of carbonyl (C=O) groups is 1. The van der Waals surface area contributed by atoms with Gasteiger partial charge >= 0.3 is 0 Å². The van der Waals surface area contributed by atoms with Gasteiger partial charge in [0, 0.05) is 13.1 Å². The maximum absolute atomic E-state index is 13.5. The van der Waals surface area contributed by atoms with Gasteiger partial charge in [0.1, 0.15) is 6.04 Å². The number of nitrogens with zero attached hydrogens (tertiary/aromatic N) is 2. The van der Waals surface area contributed by atoms with Crippen LogP contribution in [0.4, 0.5) is 11.4 Å². The minimum Gasteiger partial charge on any atom is -0.368 e. The van der Waals surface area contributed by atoms with E-state index in [1.54, 1.807) is 36.4 Å². The monoisotopic (exact) mass is 421 g/mol. The summed E-state index contributed by atoms with van der Waals surface area (Å²) in [4.78, 5) is 14.5. The van der Waals surface area contributed by atoms with Crippen molar-refractivity contribution in [3.63, 3.8) is 0 Å². The summed E-state index contributed by atoms with van der Waals surface area (Å²) < 4.78 is 28.3. The summed E-state index contributed by atoms with van der Waals surface area (Å²) in [6.07, 6.45) is 0. The van der Waals surface area contributed by atoms with Gasteiger partial charge in [-0.2, -0.15) is 0 Å². The van der Waals surface area contributed by atoms with Crippen molar-refractivity contribution in [3.05, 3.63) is 90.0 Å². The molecule has 7 heteroatoms. The van der Waals surface area contributed by atoms with Gasteiger partial charge in [-0.25, -0.2) is 12.7 Å². The Kier molecular flexibility index (Phi) is 5.22.